The number of carbonyl (C=O) groups is 2. The number of nitrogens with zero attached hydrogens (tertiary/aromatic N) is 4. The lowest BCUT2D eigenvalue weighted by Gasteiger charge is -2.38. The molecule has 3 aromatic heterocycles. The number of pyridine rings is 2. The Morgan fingerprint density at radius 3 is 2.51 bits per heavy atom. The summed E-state index contributed by atoms with van der Waals surface area (Å²) in [6.07, 6.45) is 6.68. The maximum atomic E-state index is 13.7. The highest BCUT2D eigenvalue weighted by atomic mass is 35.5. The van der Waals surface area contributed by atoms with Gasteiger partial charge in [0.05, 0.1) is 28.2 Å². The molecule has 4 heterocycles. The number of aromatic amines is 1. The predicted octanol–water partition coefficient (Wildman–Crippen LogP) is 4.29. The van der Waals surface area contributed by atoms with Crippen molar-refractivity contribution in [1.29, 1.82) is 0 Å². The number of halogens is 1. The van der Waals surface area contributed by atoms with Crippen LogP contribution in [0.15, 0.2) is 67.3 Å². The molecule has 0 radical (unpaired) electrons. The summed E-state index contributed by atoms with van der Waals surface area (Å²) >= 11 is 6.10. The van der Waals surface area contributed by atoms with Crippen LogP contribution in [0.2, 0.25) is 5.02 Å². The van der Waals surface area contributed by atoms with Gasteiger partial charge in [0.15, 0.2) is 0 Å². The average Bonchev–Trinajstić information content (AvgIpc) is 3.37. The van der Waals surface area contributed by atoms with E-state index in [2.05, 4.69) is 44.3 Å². The third-order valence-electron chi connectivity index (χ3n) is 6.96. The summed E-state index contributed by atoms with van der Waals surface area (Å²) in [7, 11) is 0. The lowest BCUT2D eigenvalue weighted by molar-refractivity contribution is -0.133. The minimum atomic E-state index is -0.289. The van der Waals surface area contributed by atoms with Gasteiger partial charge in [-0.1, -0.05) is 37.6 Å². The van der Waals surface area contributed by atoms with Crippen LogP contribution in [0.1, 0.15) is 35.7 Å². The number of benzene rings is 1. The van der Waals surface area contributed by atoms with E-state index in [-0.39, 0.29) is 23.8 Å². The zero-order chi connectivity index (χ0) is 27.4. The van der Waals surface area contributed by atoms with Gasteiger partial charge in [0.1, 0.15) is 5.65 Å². The summed E-state index contributed by atoms with van der Waals surface area (Å²) in [5, 5.41) is 7.91. The van der Waals surface area contributed by atoms with Crippen LogP contribution < -0.4 is 15.5 Å². The van der Waals surface area contributed by atoms with Crippen LogP contribution in [0.4, 0.5) is 11.4 Å². The summed E-state index contributed by atoms with van der Waals surface area (Å²) in [5.41, 5.74) is 3.74. The van der Waals surface area contributed by atoms with Gasteiger partial charge in [0.2, 0.25) is 5.91 Å². The van der Waals surface area contributed by atoms with E-state index in [0.717, 1.165) is 16.6 Å². The van der Waals surface area contributed by atoms with Crippen molar-refractivity contribution in [2.45, 2.75) is 25.8 Å². The molecular formula is C29H32ClN7O2. The zero-order valence-electron chi connectivity index (χ0n) is 22.0. The van der Waals surface area contributed by atoms with Gasteiger partial charge in [-0.3, -0.25) is 14.6 Å². The maximum Gasteiger partial charge on any atom is 0.257 e. The zero-order valence-corrected chi connectivity index (χ0v) is 22.8. The molecule has 1 aliphatic heterocycles. The molecule has 1 unspecified atom stereocenters. The smallest absolute Gasteiger partial charge is 0.257 e. The first-order chi connectivity index (χ1) is 18.9. The summed E-state index contributed by atoms with van der Waals surface area (Å²) < 4.78 is 0. The Kier molecular flexibility index (Phi) is 8.09. The molecule has 1 aromatic carbocycles. The summed E-state index contributed by atoms with van der Waals surface area (Å²) in [6.45, 7) is 7.23. The minimum absolute atomic E-state index is 0.107. The van der Waals surface area contributed by atoms with Crippen LogP contribution in [0.25, 0.3) is 11.0 Å². The van der Waals surface area contributed by atoms with Gasteiger partial charge in [0, 0.05) is 68.6 Å². The summed E-state index contributed by atoms with van der Waals surface area (Å²) in [4.78, 5) is 42.3. The third kappa shape index (κ3) is 6.05. The number of piperazine rings is 1. The molecule has 2 amide bonds. The Balaban J connectivity index is 1.31. The monoisotopic (exact) mass is 545 g/mol. The van der Waals surface area contributed by atoms with Crippen LogP contribution in [0, 0.1) is 0 Å². The van der Waals surface area contributed by atoms with Crippen molar-refractivity contribution in [2.24, 2.45) is 0 Å². The Labute approximate surface area is 232 Å². The first-order valence-electron chi connectivity index (χ1n) is 13.1. The quantitative estimate of drug-likeness (QED) is 0.305. The second kappa shape index (κ2) is 11.8. The largest absolute Gasteiger partial charge is 0.367 e. The molecule has 0 bridgehead atoms. The molecule has 202 valence electrons. The molecule has 1 atom stereocenters. The molecule has 0 aliphatic carbocycles. The van der Waals surface area contributed by atoms with E-state index in [1.807, 2.05) is 35.2 Å². The van der Waals surface area contributed by atoms with Crippen LogP contribution in [0.5, 0.6) is 0 Å². The highest BCUT2D eigenvalue weighted by Gasteiger charge is 2.29. The van der Waals surface area contributed by atoms with Gasteiger partial charge in [-0.15, -0.1) is 0 Å². The Hall–Kier alpha value is -3.95. The second-order valence-corrected chi connectivity index (χ2v) is 10.4. The first kappa shape index (κ1) is 26.6. The van der Waals surface area contributed by atoms with Crippen molar-refractivity contribution in [3.63, 3.8) is 0 Å². The molecule has 10 heteroatoms. The molecule has 5 rings (SSSR count). The fourth-order valence-corrected chi connectivity index (χ4v) is 5.00. The Bertz CT molecular complexity index is 1430. The molecule has 3 N–H and O–H groups in total. The third-order valence-corrected chi connectivity index (χ3v) is 7.21. The van der Waals surface area contributed by atoms with Crippen molar-refractivity contribution >= 4 is 45.8 Å². The molecule has 0 spiro atoms. The standard InChI is InChI=1S/C29H32ClN7O2/c1-19(2)33-17-23(20-5-7-22(30)8-6-20)29(39)37-14-12-36(13-15-37)25-9-11-32-27-26(25)24(18-34-27)35-28(38)21-4-3-10-31-16-21/h3-11,16,18-19,23,33H,12-15,17H2,1-2H3,(H,32,34)(H,35,38). The van der Waals surface area contributed by atoms with Crippen LogP contribution in [-0.4, -0.2) is 70.4 Å². The normalized spacial score (nSPS) is 14.6. The lowest BCUT2D eigenvalue weighted by Crippen LogP contribution is -2.51. The van der Waals surface area contributed by atoms with Gasteiger partial charge < -0.3 is 25.4 Å². The van der Waals surface area contributed by atoms with Crippen molar-refractivity contribution in [3.05, 3.63) is 83.4 Å². The number of carbonyl (C=O) groups excluding carboxylic acids is 2. The van der Waals surface area contributed by atoms with Crippen molar-refractivity contribution in [3.8, 4) is 0 Å². The molecule has 4 aromatic rings. The van der Waals surface area contributed by atoms with Gasteiger partial charge in [-0.05, 0) is 35.9 Å². The number of anilines is 2. The molecule has 39 heavy (non-hydrogen) atoms. The van der Waals surface area contributed by atoms with Crippen LogP contribution in [-0.2, 0) is 4.79 Å². The number of rotatable bonds is 8. The highest BCUT2D eigenvalue weighted by molar-refractivity contribution is 6.30. The van der Waals surface area contributed by atoms with E-state index in [0.29, 0.717) is 54.6 Å². The predicted molar refractivity (Wildman–Crippen MR) is 154 cm³/mol. The number of H-pyrrole nitrogens is 1. The summed E-state index contributed by atoms with van der Waals surface area (Å²) in [5.74, 6) is -0.420. The van der Waals surface area contributed by atoms with Crippen molar-refractivity contribution in [1.82, 2.24) is 25.2 Å². The van der Waals surface area contributed by atoms with E-state index < -0.39 is 0 Å². The molecule has 1 aliphatic rings. The van der Waals surface area contributed by atoms with E-state index in [4.69, 9.17) is 11.6 Å². The van der Waals surface area contributed by atoms with Gasteiger partial charge >= 0.3 is 0 Å². The Morgan fingerprint density at radius 1 is 1.05 bits per heavy atom. The number of aromatic nitrogens is 3. The number of nitrogens with one attached hydrogen (secondary N) is 3. The number of fused-ring (bicyclic) bond motifs is 1. The number of amides is 2. The van der Waals surface area contributed by atoms with Crippen LogP contribution in [0.3, 0.4) is 0 Å². The first-order valence-corrected chi connectivity index (χ1v) is 13.5. The topological polar surface area (TPSA) is 106 Å². The lowest BCUT2D eigenvalue weighted by atomic mass is 9.96. The SMILES string of the molecule is CC(C)NCC(C(=O)N1CCN(c2ccnc3[nH]cc(NC(=O)c4cccnc4)c23)CC1)c1ccc(Cl)cc1. The average molecular weight is 546 g/mol. The van der Waals surface area contributed by atoms with E-state index in [9.17, 15) is 9.59 Å². The fourth-order valence-electron chi connectivity index (χ4n) is 4.88. The fraction of sp³-hybridized carbons (Fsp3) is 0.310. The van der Waals surface area contributed by atoms with Gasteiger partial charge in [0.25, 0.3) is 5.91 Å². The van der Waals surface area contributed by atoms with Gasteiger partial charge in [-0.2, -0.15) is 0 Å². The van der Waals surface area contributed by atoms with Crippen LogP contribution >= 0.6 is 11.6 Å². The van der Waals surface area contributed by atoms with E-state index >= 15 is 0 Å². The number of hydrogen-bond acceptors (Lipinski definition) is 6. The second-order valence-electron chi connectivity index (χ2n) is 9.93. The molecule has 0 saturated carbocycles. The van der Waals surface area contributed by atoms with Crippen molar-refractivity contribution in [2.75, 3.05) is 42.9 Å². The molecule has 1 fully saturated rings. The highest BCUT2D eigenvalue weighted by Crippen LogP contribution is 2.33. The van der Waals surface area contributed by atoms with Gasteiger partial charge in [-0.25, -0.2) is 4.98 Å². The Morgan fingerprint density at radius 2 is 1.82 bits per heavy atom. The molecular weight excluding hydrogens is 514 g/mol. The maximum absolute atomic E-state index is 13.7. The van der Waals surface area contributed by atoms with E-state index in [1.54, 1.807) is 30.7 Å². The summed E-state index contributed by atoms with van der Waals surface area (Å²) in [6, 6.07) is 13.2. The molecule has 1 saturated heterocycles. The van der Waals surface area contributed by atoms with Crippen molar-refractivity contribution < 1.29 is 9.59 Å². The minimum Gasteiger partial charge on any atom is -0.367 e. The van der Waals surface area contributed by atoms with E-state index in [1.165, 1.54) is 6.20 Å². The number of hydrogen-bond donors (Lipinski definition) is 3. The molecule has 9 nitrogen and oxygen atoms in total.